The van der Waals surface area contributed by atoms with E-state index in [2.05, 4.69) is 34.1 Å². The summed E-state index contributed by atoms with van der Waals surface area (Å²) in [5, 5.41) is 0. The molecular formula is C10H12BrN. The first-order valence-corrected chi connectivity index (χ1v) is 5.10. The maximum absolute atomic E-state index is 5.99. The van der Waals surface area contributed by atoms with Crippen LogP contribution in [0.4, 0.5) is 0 Å². The Bertz CT molecular complexity index is 296. The van der Waals surface area contributed by atoms with Gasteiger partial charge in [0.15, 0.2) is 0 Å². The molecule has 0 bridgehead atoms. The van der Waals surface area contributed by atoms with Crippen molar-refractivity contribution >= 4 is 15.9 Å². The van der Waals surface area contributed by atoms with E-state index in [-0.39, 0.29) is 6.04 Å². The van der Waals surface area contributed by atoms with Gasteiger partial charge >= 0.3 is 0 Å². The van der Waals surface area contributed by atoms with Crippen LogP contribution in [-0.4, -0.2) is 0 Å². The van der Waals surface area contributed by atoms with E-state index in [1.807, 2.05) is 0 Å². The first-order chi connectivity index (χ1) is 5.77. The molecule has 1 unspecified atom stereocenters. The smallest absolute Gasteiger partial charge is 0.0298 e. The number of hydrogen-bond acceptors (Lipinski definition) is 1. The second kappa shape index (κ2) is 3.19. The van der Waals surface area contributed by atoms with Crippen molar-refractivity contribution in [3.63, 3.8) is 0 Å². The molecule has 0 aliphatic heterocycles. The van der Waals surface area contributed by atoms with Crippen LogP contribution in [0.3, 0.4) is 0 Å². The number of aryl methyl sites for hydroxylation is 1. The van der Waals surface area contributed by atoms with Gasteiger partial charge in [0, 0.05) is 10.5 Å². The number of hydrogen-bond donors (Lipinski definition) is 1. The molecule has 0 spiro atoms. The molecule has 1 aliphatic rings. The molecule has 2 rings (SSSR count). The topological polar surface area (TPSA) is 26.0 Å². The molecule has 0 radical (unpaired) electrons. The van der Waals surface area contributed by atoms with Gasteiger partial charge < -0.3 is 5.73 Å². The van der Waals surface area contributed by atoms with E-state index >= 15 is 0 Å². The molecule has 1 nitrogen and oxygen atoms in total. The summed E-state index contributed by atoms with van der Waals surface area (Å²) in [5.41, 5.74) is 8.75. The minimum Gasteiger partial charge on any atom is -0.324 e. The lowest BCUT2D eigenvalue weighted by Crippen LogP contribution is -2.17. The first kappa shape index (κ1) is 8.27. The van der Waals surface area contributed by atoms with Gasteiger partial charge in [0.25, 0.3) is 0 Å². The molecule has 0 saturated heterocycles. The summed E-state index contributed by atoms with van der Waals surface area (Å²) in [7, 11) is 0. The quantitative estimate of drug-likeness (QED) is 0.723. The number of rotatable bonds is 0. The molecule has 0 heterocycles. The van der Waals surface area contributed by atoms with Gasteiger partial charge in [-0.05, 0) is 42.5 Å². The lowest BCUT2D eigenvalue weighted by Gasteiger charge is -2.22. The molecule has 2 heteroatoms. The van der Waals surface area contributed by atoms with E-state index in [1.165, 1.54) is 24.0 Å². The van der Waals surface area contributed by atoms with E-state index in [9.17, 15) is 0 Å². The molecular weight excluding hydrogens is 214 g/mol. The molecule has 0 saturated carbocycles. The molecule has 1 aliphatic carbocycles. The largest absolute Gasteiger partial charge is 0.324 e. The molecule has 12 heavy (non-hydrogen) atoms. The molecule has 0 aromatic heterocycles. The minimum atomic E-state index is 0.256. The maximum Gasteiger partial charge on any atom is 0.0298 e. The van der Waals surface area contributed by atoms with Crippen LogP contribution < -0.4 is 5.73 Å². The molecule has 64 valence electrons. The molecule has 0 amide bonds. The fourth-order valence-corrected chi connectivity index (χ4v) is 2.19. The lowest BCUT2D eigenvalue weighted by molar-refractivity contribution is 0.570. The zero-order chi connectivity index (χ0) is 8.55. The van der Waals surface area contributed by atoms with E-state index in [4.69, 9.17) is 5.73 Å². The number of benzene rings is 1. The summed E-state index contributed by atoms with van der Waals surface area (Å²) in [6, 6.07) is 6.68. The second-order valence-electron chi connectivity index (χ2n) is 3.34. The summed E-state index contributed by atoms with van der Waals surface area (Å²) in [6.07, 6.45) is 3.55. The van der Waals surface area contributed by atoms with E-state index in [0.29, 0.717) is 0 Å². The maximum atomic E-state index is 5.99. The molecule has 0 fully saturated rings. The summed E-state index contributed by atoms with van der Waals surface area (Å²) < 4.78 is 1.14. The van der Waals surface area contributed by atoms with Gasteiger partial charge in [-0.15, -0.1) is 0 Å². The third kappa shape index (κ3) is 1.41. The van der Waals surface area contributed by atoms with Crippen molar-refractivity contribution in [3.05, 3.63) is 33.8 Å². The van der Waals surface area contributed by atoms with Crippen molar-refractivity contribution in [2.24, 2.45) is 5.73 Å². The average Bonchev–Trinajstić information content (AvgIpc) is 2.07. The summed E-state index contributed by atoms with van der Waals surface area (Å²) >= 11 is 3.46. The summed E-state index contributed by atoms with van der Waals surface area (Å²) in [5.74, 6) is 0. The summed E-state index contributed by atoms with van der Waals surface area (Å²) in [4.78, 5) is 0. The minimum absolute atomic E-state index is 0.256. The van der Waals surface area contributed by atoms with Gasteiger partial charge in [0.2, 0.25) is 0 Å². The van der Waals surface area contributed by atoms with Crippen molar-refractivity contribution in [1.29, 1.82) is 0 Å². The highest BCUT2D eigenvalue weighted by Crippen LogP contribution is 2.29. The second-order valence-corrected chi connectivity index (χ2v) is 4.26. The van der Waals surface area contributed by atoms with Gasteiger partial charge in [-0.2, -0.15) is 0 Å². The monoisotopic (exact) mass is 225 g/mol. The Morgan fingerprint density at radius 1 is 1.42 bits per heavy atom. The molecule has 2 N–H and O–H groups in total. The number of nitrogens with two attached hydrogens (primary N) is 1. The van der Waals surface area contributed by atoms with Gasteiger partial charge in [-0.1, -0.05) is 22.0 Å². The number of fused-ring (bicyclic) bond motifs is 1. The highest BCUT2D eigenvalue weighted by Gasteiger charge is 2.15. The Morgan fingerprint density at radius 3 is 3.08 bits per heavy atom. The van der Waals surface area contributed by atoms with Crippen molar-refractivity contribution in [2.75, 3.05) is 0 Å². The van der Waals surface area contributed by atoms with Crippen LogP contribution in [-0.2, 0) is 6.42 Å². The van der Waals surface area contributed by atoms with E-state index in [1.54, 1.807) is 0 Å². The van der Waals surface area contributed by atoms with Crippen molar-refractivity contribution in [3.8, 4) is 0 Å². The van der Waals surface area contributed by atoms with Gasteiger partial charge in [-0.3, -0.25) is 0 Å². The van der Waals surface area contributed by atoms with Gasteiger partial charge in [0.05, 0.1) is 0 Å². The molecule has 1 atom stereocenters. The zero-order valence-corrected chi connectivity index (χ0v) is 8.47. The Balaban J connectivity index is 2.47. The highest BCUT2D eigenvalue weighted by molar-refractivity contribution is 9.10. The fourth-order valence-electron chi connectivity index (χ4n) is 1.81. The third-order valence-electron chi connectivity index (χ3n) is 2.47. The Hall–Kier alpha value is -0.340. The van der Waals surface area contributed by atoms with Crippen molar-refractivity contribution in [1.82, 2.24) is 0 Å². The third-order valence-corrected chi connectivity index (χ3v) is 2.96. The lowest BCUT2D eigenvalue weighted by atomic mass is 9.88. The van der Waals surface area contributed by atoms with E-state index < -0.39 is 0 Å². The van der Waals surface area contributed by atoms with E-state index in [0.717, 1.165) is 10.9 Å². The van der Waals surface area contributed by atoms with Crippen LogP contribution in [0.5, 0.6) is 0 Å². The summed E-state index contributed by atoms with van der Waals surface area (Å²) in [6.45, 7) is 0. The van der Waals surface area contributed by atoms with Crippen LogP contribution in [0.15, 0.2) is 22.7 Å². The SMILES string of the molecule is NC1CCCc2ccc(Br)cc21. The van der Waals surface area contributed by atoms with Crippen LogP contribution in [0.1, 0.15) is 30.0 Å². The van der Waals surface area contributed by atoms with Crippen LogP contribution in [0.2, 0.25) is 0 Å². The van der Waals surface area contributed by atoms with Crippen LogP contribution in [0, 0.1) is 0 Å². The molecule has 1 aromatic carbocycles. The normalized spacial score (nSPS) is 22.0. The predicted octanol–water partition coefficient (Wildman–Crippen LogP) is 2.79. The predicted molar refractivity (Wildman–Crippen MR) is 54.0 cm³/mol. The molecule has 1 aromatic rings. The standard InChI is InChI=1S/C10H12BrN/c11-8-5-4-7-2-1-3-10(12)9(7)6-8/h4-6,10H,1-3,12H2. The Labute approximate surface area is 81.1 Å². The average molecular weight is 226 g/mol. The first-order valence-electron chi connectivity index (χ1n) is 4.31. The Morgan fingerprint density at radius 2 is 2.25 bits per heavy atom. The van der Waals surface area contributed by atoms with Crippen molar-refractivity contribution in [2.45, 2.75) is 25.3 Å². The fraction of sp³-hybridized carbons (Fsp3) is 0.400. The van der Waals surface area contributed by atoms with Gasteiger partial charge in [-0.25, -0.2) is 0 Å². The van der Waals surface area contributed by atoms with Crippen LogP contribution >= 0.6 is 15.9 Å². The number of halogens is 1. The van der Waals surface area contributed by atoms with Crippen molar-refractivity contribution < 1.29 is 0 Å². The van der Waals surface area contributed by atoms with Gasteiger partial charge in [0.1, 0.15) is 0 Å². The zero-order valence-electron chi connectivity index (χ0n) is 6.89. The highest BCUT2D eigenvalue weighted by atomic mass is 79.9. The van der Waals surface area contributed by atoms with Crippen LogP contribution in [0.25, 0.3) is 0 Å². The Kier molecular flexibility index (Phi) is 2.20.